The van der Waals surface area contributed by atoms with Crippen LogP contribution in [0.15, 0.2) is 29.3 Å². The van der Waals surface area contributed by atoms with Crippen LogP contribution < -0.4 is 0 Å². The van der Waals surface area contributed by atoms with Crippen molar-refractivity contribution in [3.8, 4) is 0 Å². The minimum absolute atomic E-state index is 0.772. The molecular formula is C16H15ClN2S2. The Bertz CT molecular complexity index is 794. The molecule has 0 fully saturated rings. The van der Waals surface area contributed by atoms with E-state index in [1.54, 1.807) is 23.1 Å². The Hall–Kier alpha value is -1.10. The van der Waals surface area contributed by atoms with Gasteiger partial charge in [0.05, 0.1) is 0 Å². The van der Waals surface area contributed by atoms with Crippen LogP contribution in [0.5, 0.6) is 0 Å². The van der Waals surface area contributed by atoms with E-state index in [9.17, 15) is 0 Å². The highest BCUT2D eigenvalue weighted by atomic mass is 35.5. The van der Waals surface area contributed by atoms with Gasteiger partial charge >= 0.3 is 0 Å². The molecule has 2 nitrogen and oxygen atoms in total. The second-order valence-corrected chi connectivity index (χ2v) is 7.56. The summed E-state index contributed by atoms with van der Waals surface area (Å²) in [5.74, 6) is 1.72. The zero-order valence-electron chi connectivity index (χ0n) is 12.1. The molecule has 0 aliphatic carbocycles. The molecule has 0 unspecified atom stereocenters. The van der Waals surface area contributed by atoms with Gasteiger partial charge in [-0.3, -0.25) is 0 Å². The van der Waals surface area contributed by atoms with Crippen LogP contribution in [-0.4, -0.2) is 9.97 Å². The summed E-state index contributed by atoms with van der Waals surface area (Å²) in [7, 11) is 0. The second kappa shape index (κ2) is 5.95. The monoisotopic (exact) mass is 334 g/mol. The summed E-state index contributed by atoms with van der Waals surface area (Å²) in [6.45, 7) is 6.25. The Balaban J connectivity index is 1.94. The number of aryl methyl sites for hydroxylation is 3. The Morgan fingerprint density at radius 2 is 1.81 bits per heavy atom. The largest absolute Gasteiger partial charge is 0.226 e. The van der Waals surface area contributed by atoms with Crippen molar-refractivity contribution in [2.75, 3.05) is 0 Å². The number of rotatable bonds is 3. The van der Waals surface area contributed by atoms with Crippen LogP contribution in [0.1, 0.15) is 21.8 Å². The maximum Gasteiger partial charge on any atom is 0.128 e. The van der Waals surface area contributed by atoms with E-state index < -0.39 is 0 Å². The van der Waals surface area contributed by atoms with Crippen molar-refractivity contribution in [2.45, 2.75) is 31.6 Å². The van der Waals surface area contributed by atoms with Crippen LogP contribution in [0.25, 0.3) is 10.2 Å². The fourth-order valence-electron chi connectivity index (χ4n) is 2.15. The summed E-state index contributed by atoms with van der Waals surface area (Å²) in [6, 6.07) is 7.98. The van der Waals surface area contributed by atoms with E-state index >= 15 is 0 Å². The first-order chi connectivity index (χ1) is 10.0. The average Bonchev–Trinajstić information content (AvgIpc) is 2.73. The first-order valence-corrected chi connectivity index (χ1v) is 8.84. The van der Waals surface area contributed by atoms with E-state index in [4.69, 9.17) is 11.6 Å². The molecule has 2 heterocycles. The van der Waals surface area contributed by atoms with Gasteiger partial charge in [-0.2, -0.15) is 0 Å². The van der Waals surface area contributed by atoms with Crippen LogP contribution in [0.4, 0.5) is 0 Å². The van der Waals surface area contributed by atoms with Crippen molar-refractivity contribution in [1.82, 2.24) is 9.97 Å². The molecule has 0 aliphatic heterocycles. The Kier molecular flexibility index (Phi) is 4.20. The van der Waals surface area contributed by atoms with Crippen molar-refractivity contribution in [3.05, 3.63) is 51.1 Å². The Morgan fingerprint density at radius 3 is 2.52 bits per heavy atom. The number of benzene rings is 1. The number of nitrogens with zero attached hydrogens (tertiary/aromatic N) is 2. The normalized spacial score (nSPS) is 11.2. The second-order valence-electron chi connectivity index (χ2n) is 4.95. The fraction of sp³-hybridized carbons (Fsp3) is 0.250. The quantitative estimate of drug-likeness (QED) is 0.463. The zero-order valence-corrected chi connectivity index (χ0v) is 14.5. The average molecular weight is 335 g/mol. The van der Waals surface area contributed by atoms with Gasteiger partial charge in [0.2, 0.25) is 0 Å². The van der Waals surface area contributed by atoms with Crippen molar-refractivity contribution in [2.24, 2.45) is 0 Å². The SMILES string of the molecule is Cc1nc(SCc2ccc(Cl)cc2)c2c(C)c(C)sc2n1. The molecule has 1 aromatic carbocycles. The van der Waals surface area contributed by atoms with Gasteiger partial charge in [0, 0.05) is 21.0 Å². The summed E-state index contributed by atoms with van der Waals surface area (Å²) >= 11 is 9.44. The lowest BCUT2D eigenvalue weighted by Crippen LogP contribution is -1.92. The number of hydrogen-bond acceptors (Lipinski definition) is 4. The van der Waals surface area contributed by atoms with E-state index in [0.29, 0.717) is 0 Å². The molecule has 0 saturated carbocycles. The van der Waals surface area contributed by atoms with Crippen LogP contribution in [0.2, 0.25) is 5.02 Å². The molecule has 0 radical (unpaired) electrons. The number of aromatic nitrogens is 2. The van der Waals surface area contributed by atoms with Crippen molar-refractivity contribution >= 4 is 44.9 Å². The van der Waals surface area contributed by atoms with E-state index in [2.05, 4.69) is 35.9 Å². The first-order valence-electron chi connectivity index (χ1n) is 6.66. The van der Waals surface area contributed by atoms with Crippen LogP contribution in [0, 0.1) is 20.8 Å². The van der Waals surface area contributed by atoms with Gasteiger partial charge in [-0.25, -0.2) is 9.97 Å². The number of halogens is 1. The zero-order chi connectivity index (χ0) is 15.0. The molecule has 2 aromatic heterocycles. The van der Waals surface area contributed by atoms with Gasteiger partial charge in [0.25, 0.3) is 0 Å². The minimum Gasteiger partial charge on any atom is -0.226 e. The number of thioether (sulfide) groups is 1. The lowest BCUT2D eigenvalue weighted by atomic mass is 10.2. The molecular weight excluding hydrogens is 320 g/mol. The van der Waals surface area contributed by atoms with Crippen molar-refractivity contribution < 1.29 is 0 Å². The number of hydrogen-bond donors (Lipinski definition) is 0. The third-order valence-electron chi connectivity index (χ3n) is 3.40. The van der Waals surface area contributed by atoms with Gasteiger partial charge in [0.15, 0.2) is 0 Å². The predicted octanol–water partition coefficient (Wildman–Crippen LogP) is 5.56. The lowest BCUT2D eigenvalue weighted by Gasteiger charge is -2.05. The third kappa shape index (κ3) is 3.07. The molecule has 0 atom stereocenters. The fourth-order valence-corrected chi connectivity index (χ4v) is 4.50. The van der Waals surface area contributed by atoms with E-state index in [-0.39, 0.29) is 0 Å². The summed E-state index contributed by atoms with van der Waals surface area (Å²) in [5.41, 5.74) is 2.55. The molecule has 21 heavy (non-hydrogen) atoms. The highest BCUT2D eigenvalue weighted by Crippen LogP contribution is 2.36. The molecule has 5 heteroatoms. The van der Waals surface area contributed by atoms with Gasteiger partial charge < -0.3 is 0 Å². The molecule has 0 N–H and O–H groups in total. The minimum atomic E-state index is 0.772. The summed E-state index contributed by atoms with van der Waals surface area (Å²) in [5, 5.41) is 3.06. The third-order valence-corrected chi connectivity index (χ3v) is 5.80. The van der Waals surface area contributed by atoms with E-state index in [0.717, 1.165) is 26.5 Å². The Labute approximate surface area is 137 Å². The van der Waals surface area contributed by atoms with Crippen molar-refractivity contribution in [3.63, 3.8) is 0 Å². The van der Waals surface area contributed by atoms with E-state index in [1.807, 2.05) is 19.1 Å². The highest BCUT2D eigenvalue weighted by Gasteiger charge is 2.13. The molecule has 0 aliphatic rings. The van der Waals surface area contributed by atoms with Crippen LogP contribution in [-0.2, 0) is 5.75 Å². The summed E-state index contributed by atoms with van der Waals surface area (Å²) < 4.78 is 0. The molecule has 0 saturated heterocycles. The van der Waals surface area contributed by atoms with Gasteiger partial charge in [-0.05, 0) is 44.0 Å². The maximum absolute atomic E-state index is 5.93. The first kappa shape index (κ1) is 14.8. The molecule has 3 rings (SSSR count). The number of fused-ring (bicyclic) bond motifs is 1. The molecule has 3 aromatic rings. The predicted molar refractivity (Wildman–Crippen MR) is 92.6 cm³/mol. The maximum atomic E-state index is 5.93. The summed E-state index contributed by atoms with van der Waals surface area (Å²) in [4.78, 5) is 11.6. The lowest BCUT2D eigenvalue weighted by molar-refractivity contribution is 1.01. The Morgan fingerprint density at radius 1 is 1.10 bits per heavy atom. The van der Waals surface area contributed by atoms with Crippen molar-refractivity contribution in [1.29, 1.82) is 0 Å². The smallest absolute Gasteiger partial charge is 0.128 e. The summed E-state index contributed by atoms with van der Waals surface area (Å²) in [6.07, 6.45) is 0. The molecule has 0 spiro atoms. The molecule has 0 amide bonds. The standard InChI is InChI=1S/C16H15ClN2S2/c1-9-10(2)21-16-14(9)15(18-11(3)19-16)20-8-12-4-6-13(17)7-5-12/h4-7H,8H2,1-3H3. The molecule has 108 valence electrons. The van der Waals surface area contributed by atoms with E-state index in [1.165, 1.54) is 21.4 Å². The van der Waals surface area contributed by atoms with Gasteiger partial charge in [-0.1, -0.05) is 23.7 Å². The highest BCUT2D eigenvalue weighted by molar-refractivity contribution is 7.98. The van der Waals surface area contributed by atoms with Gasteiger partial charge in [-0.15, -0.1) is 23.1 Å². The topological polar surface area (TPSA) is 25.8 Å². The van der Waals surface area contributed by atoms with Gasteiger partial charge in [0.1, 0.15) is 15.7 Å². The molecule has 0 bridgehead atoms. The van der Waals surface area contributed by atoms with Crippen LogP contribution in [0.3, 0.4) is 0 Å². The number of thiophene rings is 1. The van der Waals surface area contributed by atoms with Crippen LogP contribution >= 0.6 is 34.7 Å².